The van der Waals surface area contributed by atoms with Gasteiger partial charge in [-0.05, 0) is 50.0 Å². The average Bonchev–Trinajstić information content (AvgIpc) is 3.13. The maximum atomic E-state index is 13.5. The highest BCUT2D eigenvalue weighted by Gasteiger charge is 2.49. The Morgan fingerprint density at radius 2 is 1.90 bits per heavy atom. The maximum Gasteiger partial charge on any atom is 0.231 e. The second-order valence-corrected chi connectivity index (χ2v) is 10.4. The minimum atomic E-state index is -0.834. The van der Waals surface area contributed by atoms with Crippen LogP contribution in [0.15, 0.2) is 0 Å². The molecule has 0 radical (unpaired) electrons. The van der Waals surface area contributed by atoms with E-state index < -0.39 is 24.2 Å². The Bertz CT molecular complexity index is 559. The van der Waals surface area contributed by atoms with Crippen molar-refractivity contribution in [1.82, 2.24) is 10.2 Å². The third-order valence-corrected chi connectivity index (χ3v) is 8.14. The van der Waals surface area contributed by atoms with Gasteiger partial charge in [-0.3, -0.25) is 4.79 Å². The molecule has 0 bridgehead atoms. The zero-order valence-electron chi connectivity index (χ0n) is 18.1. The number of nitrogens with one attached hydrogen (secondary N) is 1. The molecule has 2 heterocycles. The van der Waals surface area contributed by atoms with E-state index in [9.17, 15) is 15.0 Å². The van der Waals surface area contributed by atoms with Gasteiger partial charge in [-0.15, -0.1) is 0 Å². The molecule has 166 valence electrons. The molecule has 6 nitrogen and oxygen atoms in total. The van der Waals surface area contributed by atoms with Crippen molar-refractivity contribution < 1.29 is 19.7 Å². The second-order valence-electron chi connectivity index (χ2n) is 10.4. The SMILES string of the molecule is CC1CCCC(COC2C(C)C(O)CC(O)C2C(=O)N2CC3CCCNC3C2)C1. The molecule has 0 aromatic rings. The fourth-order valence-electron chi connectivity index (χ4n) is 6.33. The van der Waals surface area contributed by atoms with E-state index >= 15 is 0 Å². The van der Waals surface area contributed by atoms with E-state index in [1.54, 1.807) is 0 Å². The molecule has 0 aromatic heterocycles. The number of aliphatic hydroxyl groups is 2. The molecule has 6 heteroatoms. The first-order chi connectivity index (χ1) is 13.9. The van der Waals surface area contributed by atoms with Crippen LogP contribution in [-0.2, 0) is 9.53 Å². The summed E-state index contributed by atoms with van der Waals surface area (Å²) in [5.74, 6) is 1.10. The molecule has 9 atom stereocenters. The third-order valence-electron chi connectivity index (χ3n) is 8.14. The molecule has 0 aromatic carbocycles. The number of nitrogens with zero attached hydrogens (tertiary/aromatic N) is 1. The van der Waals surface area contributed by atoms with Gasteiger partial charge < -0.3 is 25.2 Å². The Labute approximate surface area is 175 Å². The van der Waals surface area contributed by atoms with Crippen LogP contribution in [0.1, 0.15) is 58.8 Å². The van der Waals surface area contributed by atoms with Gasteiger partial charge in [0.05, 0.1) is 24.2 Å². The lowest BCUT2D eigenvalue weighted by Crippen LogP contribution is -2.56. The van der Waals surface area contributed by atoms with E-state index in [2.05, 4.69) is 12.2 Å². The minimum Gasteiger partial charge on any atom is -0.393 e. The molecule has 2 saturated heterocycles. The molecule has 9 unspecified atom stereocenters. The predicted octanol–water partition coefficient (Wildman–Crippen LogP) is 1.79. The van der Waals surface area contributed by atoms with Crippen LogP contribution in [0.25, 0.3) is 0 Å². The first-order valence-electron chi connectivity index (χ1n) is 11.9. The number of amides is 1. The van der Waals surface area contributed by atoms with Gasteiger partial charge in [0.2, 0.25) is 5.91 Å². The zero-order valence-corrected chi connectivity index (χ0v) is 18.1. The summed E-state index contributed by atoms with van der Waals surface area (Å²) in [6.45, 7) is 7.45. The average molecular weight is 409 g/mol. The van der Waals surface area contributed by atoms with Gasteiger partial charge >= 0.3 is 0 Å². The highest BCUT2D eigenvalue weighted by atomic mass is 16.5. The molecule has 4 aliphatic rings. The van der Waals surface area contributed by atoms with Crippen LogP contribution >= 0.6 is 0 Å². The van der Waals surface area contributed by atoms with Crippen molar-refractivity contribution in [3.63, 3.8) is 0 Å². The van der Waals surface area contributed by atoms with Crippen molar-refractivity contribution in [2.75, 3.05) is 26.2 Å². The fourth-order valence-corrected chi connectivity index (χ4v) is 6.33. The maximum absolute atomic E-state index is 13.5. The van der Waals surface area contributed by atoms with Crippen LogP contribution in [0.4, 0.5) is 0 Å². The van der Waals surface area contributed by atoms with Crippen LogP contribution in [0, 0.1) is 29.6 Å². The topological polar surface area (TPSA) is 82.0 Å². The zero-order chi connectivity index (χ0) is 20.5. The van der Waals surface area contributed by atoms with E-state index in [4.69, 9.17) is 4.74 Å². The summed E-state index contributed by atoms with van der Waals surface area (Å²) in [6.07, 6.45) is 5.63. The number of ether oxygens (including phenoxy) is 1. The van der Waals surface area contributed by atoms with Gasteiger partial charge in [0.1, 0.15) is 0 Å². The highest BCUT2D eigenvalue weighted by molar-refractivity contribution is 5.80. The van der Waals surface area contributed by atoms with E-state index in [-0.39, 0.29) is 18.2 Å². The van der Waals surface area contributed by atoms with Crippen molar-refractivity contribution in [1.29, 1.82) is 0 Å². The second kappa shape index (κ2) is 9.21. The Hall–Kier alpha value is -0.690. The number of aliphatic hydroxyl groups excluding tert-OH is 2. The van der Waals surface area contributed by atoms with Crippen LogP contribution in [-0.4, -0.2) is 71.6 Å². The van der Waals surface area contributed by atoms with Crippen LogP contribution < -0.4 is 5.32 Å². The molecule has 1 amide bonds. The lowest BCUT2D eigenvalue weighted by atomic mass is 9.75. The predicted molar refractivity (Wildman–Crippen MR) is 111 cm³/mol. The van der Waals surface area contributed by atoms with Gasteiger partial charge in [-0.2, -0.15) is 0 Å². The highest BCUT2D eigenvalue weighted by Crippen LogP contribution is 2.37. The minimum absolute atomic E-state index is 0.0227. The van der Waals surface area contributed by atoms with Gasteiger partial charge in [0.15, 0.2) is 0 Å². The van der Waals surface area contributed by atoms with E-state index in [1.165, 1.54) is 38.5 Å². The smallest absolute Gasteiger partial charge is 0.231 e. The number of likely N-dealkylation sites (tertiary alicyclic amines) is 1. The van der Waals surface area contributed by atoms with Gasteiger partial charge in [0, 0.05) is 38.1 Å². The number of fused-ring (bicyclic) bond motifs is 1. The summed E-state index contributed by atoms with van der Waals surface area (Å²) in [4.78, 5) is 15.4. The summed E-state index contributed by atoms with van der Waals surface area (Å²) in [7, 11) is 0. The van der Waals surface area contributed by atoms with Crippen LogP contribution in [0.5, 0.6) is 0 Å². The molecule has 4 rings (SSSR count). The Morgan fingerprint density at radius 3 is 2.66 bits per heavy atom. The van der Waals surface area contributed by atoms with Crippen molar-refractivity contribution >= 4 is 5.91 Å². The molecule has 2 aliphatic heterocycles. The van der Waals surface area contributed by atoms with E-state index in [0.29, 0.717) is 24.5 Å². The Kier molecular flexibility index (Phi) is 6.84. The molecule has 2 saturated carbocycles. The third kappa shape index (κ3) is 4.65. The molecule has 2 aliphatic carbocycles. The molecular formula is C23H40N2O4. The van der Waals surface area contributed by atoms with Crippen molar-refractivity contribution in [3.8, 4) is 0 Å². The standard InChI is InChI=1S/C23H40N2O4/c1-14-5-3-6-16(9-14)13-29-22-15(2)19(26)10-20(27)21(22)23(28)25-11-17-7-4-8-24-18(17)12-25/h14-22,24,26-27H,3-13H2,1-2H3. The first kappa shape index (κ1) is 21.5. The van der Waals surface area contributed by atoms with E-state index in [0.717, 1.165) is 25.6 Å². The summed E-state index contributed by atoms with van der Waals surface area (Å²) in [5, 5.41) is 24.8. The molecule has 3 N–H and O–H groups in total. The molecule has 29 heavy (non-hydrogen) atoms. The number of piperidine rings is 1. The van der Waals surface area contributed by atoms with Crippen molar-refractivity contribution in [2.45, 2.75) is 83.1 Å². The van der Waals surface area contributed by atoms with Crippen LogP contribution in [0.2, 0.25) is 0 Å². The molecule has 0 spiro atoms. The van der Waals surface area contributed by atoms with Gasteiger partial charge in [-0.25, -0.2) is 0 Å². The number of hydrogen-bond acceptors (Lipinski definition) is 5. The number of hydrogen-bond donors (Lipinski definition) is 3. The monoisotopic (exact) mass is 408 g/mol. The van der Waals surface area contributed by atoms with E-state index in [1.807, 2.05) is 11.8 Å². The number of carbonyl (C=O) groups excluding carboxylic acids is 1. The quantitative estimate of drug-likeness (QED) is 0.661. The van der Waals surface area contributed by atoms with Gasteiger partial charge in [-0.1, -0.05) is 26.7 Å². The van der Waals surface area contributed by atoms with Crippen molar-refractivity contribution in [2.24, 2.45) is 29.6 Å². The fraction of sp³-hybridized carbons (Fsp3) is 0.957. The largest absolute Gasteiger partial charge is 0.393 e. The normalized spacial score (nSPS) is 45.8. The first-order valence-corrected chi connectivity index (χ1v) is 11.9. The lowest BCUT2D eigenvalue weighted by Gasteiger charge is -2.43. The van der Waals surface area contributed by atoms with Crippen LogP contribution in [0.3, 0.4) is 0 Å². The lowest BCUT2D eigenvalue weighted by molar-refractivity contribution is -0.169. The summed E-state index contributed by atoms with van der Waals surface area (Å²) >= 11 is 0. The summed E-state index contributed by atoms with van der Waals surface area (Å²) in [5.41, 5.74) is 0. The Morgan fingerprint density at radius 1 is 1.07 bits per heavy atom. The van der Waals surface area contributed by atoms with Gasteiger partial charge in [0.25, 0.3) is 0 Å². The molecule has 4 fully saturated rings. The number of carbonyl (C=O) groups is 1. The molecular weight excluding hydrogens is 368 g/mol. The summed E-state index contributed by atoms with van der Waals surface area (Å²) < 4.78 is 6.35. The van der Waals surface area contributed by atoms with Crippen molar-refractivity contribution in [3.05, 3.63) is 0 Å². The number of rotatable bonds is 4. The Balaban J connectivity index is 1.44. The summed E-state index contributed by atoms with van der Waals surface area (Å²) in [6, 6.07) is 0.388.